The molecule has 176 valence electrons. The predicted octanol–water partition coefficient (Wildman–Crippen LogP) is 4.27. The number of fused-ring (bicyclic) bond motifs is 1. The van der Waals surface area contributed by atoms with Crippen molar-refractivity contribution < 1.29 is 18.0 Å². The van der Waals surface area contributed by atoms with E-state index in [-0.39, 0.29) is 11.7 Å². The zero-order chi connectivity index (χ0) is 24.3. The van der Waals surface area contributed by atoms with Gasteiger partial charge in [0.1, 0.15) is 6.04 Å². The summed E-state index contributed by atoms with van der Waals surface area (Å²) in [4.78, 5) is 25.1. The molecule has 1 atom stereocenters. The number of amides is 2. The first-order chi connectivity index (χ1) is 16.2. The third kappa shape index (κ3) is 5.88. The van der Waals surface area contributed by atoms with Gasteiger partial charge in [-0.25, -0.2) is 8.42 Å². The van der Waals surface area contributed by atoms with Gasteiger partial charge in [0.15, 0.2) is 9.84 Å². The van der Waals surface area contributed by atoms with Crippen LogP contribution in [0.3, 0.4) is 0 Å². The molecule has 1 aliphatic heterocycles. The Morgan fingerprint density at radius 3 is 2.44 bits per heavy atom. The van der Waals surface area contributed by atoms with Crippen LogP contribution < -0.4 is 16.0 Å². The Morgan fingerprint density at radius 1 is 0.971 bits per heavy atom. The summed E-state index contributed by atoms with van der Waals surface area (Å²) in [7, 11) is -3.63. The van der Waals surface area contributed by atoms with E-state index in [4.69, 9.17) is 23.2 Å². The van der Waals surface area contributed by atoms with Gasteiger partial charge >= 0.3 is 0 Å². The second kappa shape index (κ2) is 10.0. The maximum absolute atomic E-state index is 12.7. The van der Waals surface area contributed by atoms with Crippen LogP contribution in [-0.2, 0) is 26.9 Å². The molecule has 0 bridgehead atoms. The fraction of sp³-hybridized carbons (Fsp3) is 0.167. The Morgan fingerprint density at radius 2 is 1.71 bits per heavy atom. The summed E-state index contributed by atoms with van der Waals surface area (Å²) in [6.07, 6.45) is 0. The number of rotatable bonds is 7. The average molecular weight is 518 g/mol. The minimum Gasteiger partial charge on any atom is -0.371 e. The normalized spacial score (nSPS) is 15.1. The Kier molecular flexibility index (Phi) is 7.11. The van der Waals surface area contributed by atoms with Gasteiger partial charge in [-0.3, -0.25) is 9.59 Å². The molecule has 0 radical (unpaired) electrons. The van der Waals surface area contributed by atoms with Gasteiger partial charge in [-0.1, -0.05) is 53.5 Å². The topological polar surface area (TPSA) is 104 Å². The van der Waals surface area contributed by atoms with E-state index in [1.54, 1.807) is 54.6 Å². The van der Waals surface area contributed by atoms with E-state index in [1.165, 1.54) is 0 Å². The molecule has 4 rings (SSSR count). The zero-order valence-corrected chi connectivity index (χ0v) is 20.2. The monoisotopic (exact) mass is 517 g/mol. The lowest BCUT2D eigenvalue weighted by atomic mass is 10.1. The Balaban J connectivity index is 1.41. The number of benzene rings is 3. The average Bonchev–Trinajstić information content (AvgIpc) is 2.80. The van der Waals surface area contributed by atoms with Crippen LogP contribution in [-0.4, -0.2) is 32.0 Å². The van der Waals surface area contributed by atoms with Crippen molar-refractivity contribution >= 4 is 56.2 Å². The highest BCUT2D eigenvalue weighted by atomic mass is 35.5. The molecule has 3 N–H and O–H groups in total. The van der Waals surface area contributed by atoms with Crippen LogP contribution >= 0.6 is 23.2 Å². The molecule has 0 unspecified atom stereocenters. The van der Waals surface area contributed by atoms with Crippen molar-refractivity contribution in [3.8, 4) is 0 Å². The Labute approximate surface area is 207 Å². The van der Waals surface area contributed by atoms with E-state index in [9.17, 15) is 18.0 Å². The highest BCUT2D eigenvalue weighted by molar-refractivity contribution is 7.90. The van der Waals surface area contributed by atoms with E-state index >= 15 is 0 Å². The molecule has 3 aromatic rings. The standard InChI is InChI=1S/C24H21Cl2N3O4S/c25-18-8-5-15(6-9-18)12-27-23(30)16-7-10-20-21(11-16)29-24(31)22(28-20)14-34(32,33)13-17-3-1-2-4-19(17)26/h1-11,22,28H,12-14H2,(H,27,30)(H,29,31)/t22-/m0/s1. The summed E-state index contributed by atoms with van der Waals surface area (Å²) in [5, 5.41) is 9.45. The molecule has 0 aliphatic carbocycles. The molecule has 0 saturated carbocycles. The Hall–Kier alpha value is -3.07. The van der Waals surface area contributed by atoms with Gasteiger partial charge in [0.05, 0.1) is 22.9 Å². The maximum atomic E-state index is 12.7. The van der Waals surface area contributed by atoms with Gasteiger partial charge in [-0.05, 0) is 47.5 Å². The van der Waals surface area contributed by atoms with Gasteiger partial charge in [0.25, 0.3) is 5.91 Å². The third-order valence-electron chi connectivity index (χ3n) is 5.31. The SMILES string of the molecule is O=C(NCc1ccc(Cl)cc1)c1ccc2c(c1)NC(=O)[C@H](CS(=O)(=O)Cc1ccccc1Cl)N2. The number of carbonyl (C=O) groups is 2. The lowest BCUT2D eigenvalue weighted by molar-refractivity contribution is -0.116. The van der Waals surface area contributed by atoms with E-state index in [0.717, 1.165) is 5.56 Å². The van der Waals surface area contributed by atoms with Crippen molar-refractivity contribution in [2.75, 3.05) is 16.4 Å². The molecule has 0 aromatic heterocycles. The van der Waals surface area contributed by atoms with Crippen molar-refractivity contribution in [2.24, 2.45) is 0 Å². The predicted molar refractivity (Wildman–Crippen MR) is 134 cm³/mol. The lowest BCUT2D eigenvalue weighted by Crippen LogP contribution is -2.43. The van der Waals surface area contributed by atoms with Gasteiger partial charge in [0, 0.05) is 22.2 Å². The van der Waals surface area contributed by atoms with Crippen LogP contribution in [0.4, 0.5) is 11.4 Å². The summed E-state index contributed by atoms with van der Waals surface area (Å²) in [6.45, 7) is 0.322. The molecule has 0 fully saturated rings. The van der Waals surface area contributed by atoms with Gasteiger partial charge in [-0.15, -0.1) is 0 Å². The second-order valence-corrected chi connectivity index (χ2v) is 10.9. The van der Waals surface area contributed by atoms with Crippen molar-refractivity contribution in [1.82, 2.24) is 5.32 Å². The van der Waals surface area contributed by atoms with Crippen molar-refractivity contribution in [3.63, 3.8) is 0 Å². The summed E-state index contributed by atoms with van der Waals surface area (Å²) in [5.41, 5.74) is 2.68. The molecule has 3 aromatic carbocycles. The number of carbonyl (C=O) groups excluding carboxylic acids is 2. The number of hydrogen-bond donors (Lipinski definition) is 3. The third-order valence-corrected chi connectivity index (χ3v) is 7.52. The van der Waals surface area contributed by atoms with Crippen LogP contribution in [0, 0.1) is 0 Å². The van der Waals surface area contributed by atoms with Gasteiger partial charge in [-0.2, -0.15) is 0 Å². The molecular formula is C24H21Cl2N3O4S. The molecule has 1 heterocycles. The van der Waals surface area contributed by atoms with E-state index in [0.29, 0.717) is 39.1 Å². The van der Waals surface area contributed by atoms with Crippen LogP contribution in [0.5, 0.6) is 0 Å². The fourth-order valence-corrected chi connectivity index (χ4v) is 5.55. The van der Waals surface area contributed by atoms with Crippen molar-refractivity contribution in [1.29, 1.82) is 0 Å². The minimum atomic E-state index is -3.63. The van der Waals surface area contributed by atoms with Crippen LogP contribution in [0.25, 0.3) is 0 Å². The molecular weight excluding hydrogens is 497 g/mol. The van der Waals surface area contributed by atoms with E-state index in [2.05, 4.69) is 16.0 Å². The van der Waals surface area contributed by atoms with E-state index < -0.39 is 27.5 Å². The summed E-state index contributed by atoms with van der Waals surface area (Å²) >= 11 is 11.9. The highest BCUT2D eigenvalue weighted by Gasteiger charge is 2.31. The molecule has 0 saturated heterocycles. The Bertz CT molecular complexity index is 1340. The highest BCUT2D eigenvalue weighted by Crippen LogP contribution is 2.29. The quantitative estimate of drug-likeness (QED) is 0.434. The molecule has 10 heteroatoms. The molecule has 1 aliphatic rings. The number of sulfone groups is 1. The minimum absolute atomic E-state index is 0.266. The number of nitrogens with one attached hydrogen (secondary N) is 3. The lowest BCUT2D eigenvalue weighted by Gasteiger charge is -2.27. The largest absolute Gasteiger partial charge is 0.371 e. The van der Waals surface area contributed by atoms with Crippen molar-refractivity contribution in [2.45, 2.75) is 18.3 Å². The first-order valence-electron chi connectivity index (χ1n) is 10.4. The first kappa shape index (κ1) is 24.1. The molecule has 7 nitrogen and oxygen atoms in total. The second-order valence-electron chi connectivity index (χ2n) is 7.90. The summed E-state index contributed by atoms with van der Waals surface area (Å²) in [5.74, 6) is -1.46. The van der Waals surface area contributed by atoms with Gasteiger partial charge < -0.3 is 16.0 Å². The van der Waals surface area contributed by atoms with Gasteiger partial charge in [0.2, 0.25) is 5.91 Å². The smallest absolute Gasteiger partial charge is 0.251 e. The number of halogens is 2. The molecule has 0 spiro atoms. The molecule has 2 amide bonds. The first-order valence-corrected chi connectivity index (χ1v) is 13.0. The van der Waals surface area contributed by atoms with Crippen LogP contribution in [0.15, 0.2) is 66.7 Å². The molecule has 34 heavy (non-hydrogen) atoms. The zero-order valence-electron chi connectivity index (χ0n) is 17.8. The van der Waals surface area contributed by atoms with Crippen LogP contribution in [0.2, 0.25) is 10.0 Å². The van der Waals surface area contributed by atoms with Crippen molar-refractivity contribution in [3.05, 3.63) is 93.5 Å². The maximum Gasteiger partial charge on any atom is 0.251 e. The van der Waals surface area contributed by atoms with Crippen LogP contribution in [0.1, 0.15) is 21.5 Å². The summed E-state index contributed by atoms with van der Waals surface area (Å²) in [6, 6.07) is 17.6. The number of anilines is 2. The number of hydrogen-bond acceptors (Lipinski definition) is 5. The summed E-state index contributed by atoms with van der Waals surface area (Å²) < 4.78 is 25.4. The van der Waals surface area contributed by atoms with E-state index in [1.807, 2.05) is 12.1 Å². The fourth-order valence-electron chi connectivity index (χ4n) is 3.56.